The molecule has 126 valence electrons. The van der Waals surface area contributed by atoms with Crippen LogP contribution in [0.1, 0.15) is 10.4 Å². The van der Waals surface area contributed by atoms with E-state index in [4.69, 9.17) is 9.47 Å². The zero-order valence-electron chi connectivity index (χ0n) is 12.9. The summed E-state index contributed by atoms with van der Waals surface area (Å²) in [5, 5.41) is 0. The fraction of sp³-hybridized carbons (Fsp3) is 0.235. The lowest BCUT2D eigenvalue weighted by Gasteiger charge is -2.26. The van der Waals surface area contributed by atoms with Gasteiger partial charge in [-0.1, -0.05) is 18.2 Å². The molecule has 2 aromatic carbocycles. The molecule has 1 aliphatic heterocycles. The lowest BCUT2D eigenvalue weighted by atomic mass is 10.2. The summed E-state index contributed by atoms with van der Waals surface area (Å²) in [6, 6.07) is 14.5. The van der Waals surface area contributed by atoms with Gasteiger partial charge in [0.25, 0.3) is 0 Å². The maximum atomic E-state index is 12.5. The Morgan fingerprint density at radius 1 is 0.958 bits per heavy atom. The standard InChI is InChI=1S/C17H17NO5S/c19-17(23-15-4-2-1-3-5-15)14-6-8-16(9-7-14)24(20,21)18-10-12-22-13-11-18/h1-9H,10-13H2. The van der Waals surface area contributed by atoms with Crippen molar-refractivity contribution < 1.29 is 22.7 Å². The van der Waals surface area contributed by atoms with Crippen LogP contribution in [0.5, 0.6) is 5.75 Å². The second-order valence-electron chi connectivity index (χ2n) is 5.24. The summed E-state index contributed by atoms with van der Waals surface area (Å²) in [4.78, 5) is 12.2. The Balaban J connectivity index is 1.74. The molecule has 0 amide bonds. The number of hydrogen-bond acceptors (Lipinski definition) is 5. The largest absolute Gasteiger partial charge is 0.423 e. The van der Waals surface area contributed by atoms with E-state index in [9.17, 15) is 13.2 Å². The van der Waals surface area contributed by atoms with Gasteiger partial charge in [0.05, 0.1) is 23.7 Å². The summed E-state index contributed by atoms with van der Waals surface area (Å²) < 4.78 is 36.8. The molecule has 0 N–H and O–H groups in total. The third kappa shape index (κ3) is 3.64. The second-order valence-corrected chi connectivity index (χ2v) is 7.18. The Hall–Kier alpha value is -2.22. The molecule has 1 heterocycles. The van der Waals surface area contributed by atoms with E-state index in [0.29, 0.717) is 37.6 Å². The van der Waals surface area contributed by atoms with Crippen molar-refractivity contribution in [1.82, 2.24) is 4.31 Å². The summed E-state index contributed by atoms with van der Waals surface area (Å²) >= 11 is 0. The Labute approximate surface area is 140 Å². The van der Waals surface area contributed by atoms with Crippen LogP contribution in [0.25, 0.3) is 0 Å². The van der Waals surface area contributed by atoms with Gasteiger partial charge in [0.1, 0.15) is 5.75 Å². The summed E-state index contributed by atoms with van der Waals surface area (Å²) in [6.45, 7) is 1.45. The van der Waals surface area contributed by atoms with E-state index in [-0.39, 0.29) is 4.90 Å². The van der Waals surface area contributed by atoms with Crippen LogP contribution in [-0.4, -0.2) is 45.0 Å². The number of morpholine rings is 1. The molecular formula is C17H17NO5S. The molecule has 24 heavy (non-hydrogen) atoms. The lowest BCUT2D eigenvalue weighted by molar-refractivity contribution is 0.0730. The number of ether oxygens (including phenoxy) is 2. The van der Waals surface area contributed by atoms with Crippen LogP contribution in [-0.2, 0) is 14.8 Å². The quantitative estimate of drug-likeness (QED) is 0.624. The summed E-state index contributed by atoms with van der Waals surface area (Å²) in [5.74, 6) is -0.0935. The van der Waals surface area contributed by atoms with Crippen LogP contribution in [0.2, 0.25) is 0 Å². The van der Waals surface area contributed by atoms with Crippen molar-refractivity contribution in [3.63, 3.8) is 0 Å². The number of carbonyl (C=O) groups is 1. The van der Waals surface area contributed by atoms with E-state index in [1.54, 1.807) is 24.3 Å². The predicted molar refractivity (Wildman–Crippen MR) is 87.4 cm³/mol. The number of esters is 1. The smallest absolute Gasteiger partial charge is 0.343 e. The molecule has 0 aromatic heterocycles. The van der Waals surface area contributed by atoms with E-state index < -0.39 is 16.0 Å². The van der Waals surface area contributed by atoms with Crippen molar-refractivity contribution in [2.24, 2.45) is 0 Å². The zero-order valence-corrected chi connectivity index (χ0v) is 13.7. The van der Waals surface area contributed by atoms with Gasteiger partial charge in [-0.05, 0) is 36.4 Å². The average Bonchev–Trinajstić information content (AvgIpc) is 2.63. The number of nitrogens with zero attached hydrogens (tertiary/aromatic N) is 1. The Morgan fingerprint density at radius 2 is 1.58 bits per heavy atom. The Morgan fingerprint density at radius 3 is 2.21 bits per heavy atom. The number of sulfonamides is 1. The number of rotatable bonds is 4. The van der Waals surface area contributed by atoms with E-state index >= 15 is 0 Å². The molecule has 0 unspecified atom stereocenters. The van der Waals surface area contributed by atoms with Gasteiger partial charge in [-0.3, -0.25) is 0 Å². The van der Waals surface area contributed by atoms with Gasteiger partial charge in [0, 0.05) is 13.1 Å². The van der Waals surface area contributed by atoms with Crippen molar-refractivity contribution in [2.45, 2.75) is 4.90 Å². The highest BCUT2D eigenvalue weighted by Gasteiger charge is 2.26. The van der Waals surface area contributed by atoms with Gasteiger partial charge in [0.15, 0.2) is 0 Å². The molecule has 2 aromatic rings. The van der Waals surface area contributed by atoms with Crippen molar-refractivity contribution in [3.8, 4) is 5.75 Å². The molecule has 7 heteroatoms. The van der Waals surface area contributed by atoms with Gasteiger partial charge in [-0.15, -0.1) is 0 Å². The first-order valence-electron chi connectivity index (χ1n) is 7.52. The Bertz CT molecular complexity index is 797. The maximum Gasteiger partial charge on any atom is 0.343 e. The molecule has 1 aliphatic rings. The van der Waals surface area contributed by atoms with Gasteiger partial charge < -0.3 is 9.47 Å². The minimum Gasteiger partial charge on any atom is -0.423 e. The highest BCUT2D eigenvalue weighted by atomic mass is 32.2. The van der Waals surface area contributed by atoms with Crippen LogP contribution in [0.4, 0.5) is 0 Å². The maximum absolute atomic E-state index is 12.5. The minimum absolute atomic E-state index is 0.153. The van der Waals surface area contributed by atoms with E-state index in [1.807, 2.05) is 6.07 Å². The van der Waals surface area contributed by atoms with Gasteiger partial charge >= 0.3 is 5.97 Å². The number of hydrogen-bond donors (Lipinski definition) is 0. The average molecular weight is 347 g/mol. The third-order valence-electron chi connectivity index (χ3n) is 3.65. The normalized spacial score (nSPS) is 15.8. The molecule has 0 radical (unpaired) electrons. The fourth-order valence-corrected chi connectivity index (χ4v) is 3.76. The monoisotopic (exact) mass is 347 g/mol. The van der Waals surface area contributed by atoms with Crippen LogP contribution in [0.3, 0.4) is 0 Å². The summed E-state index contributed by atoms with van der Waals surface area (Å²) in [6.07, 6.45) is 0. The molecule has 6 nitrogen and oxygen atoms in total. The molecule has 1 fully saturated rings. The van der Waals surface area contributed by atoms with Crippen LogP contribution in [0, 0.1) is 0 Å². The van der Waals surface area contributed by atoms with Crippen molar-refractivity contribution in [1.29, 1.82) is 0 Å². The number of carbonyl (C=O) groups excluding carboxylic acids is 1. The summed E-state index contributed by atoms with van der Waals surface area (Å²) in [7, 11) is -3.56. The van der Waals surface area contributed by atoms with Gasteiger partial charge in [0.2, 0.25) is 10.0 Å². The van der Waals surface area contributed by atoms with Crippen molar-refractivity contribution in [2.75, 3.05) is 26.3 Å². The highest BCUT2D eigenvalue weighted by molar-refractivity contribution is 7.89. The first-order chi connectivity index (χ1) is 11.6. The number of para-hydroxylation sites is 1. The van der Waals surface area contributed by atoms with Crippen LogP contribution >= 0.6 is 0 Å². The summed E-state index contributed by atoms with van der Waals surface area (Å²) in [5.41, 5.74) is 0.291. The first kappa shape index (κ1) is 16.6. The fourth-order valence-electron chi connectivity index (χ4n) is 2.35. The van der Waals surface area contributed by atoms with Crippen LogP contribution < -0.4 is 4.74 Å². The van der Waals surface area contributed by atoms with E-state index in [0.717, 1.165) is 0 Å². The lowest BCUT2D eigenvalue weighted by Crippen LogP contribution is -2.40. The first-order valence-corrected chi connectivity index (χ1v) is 8.96. The minimum atomic E-state index is -3.56. The molecular weight excluding hydrogens is 330 g/mol. The van der Waals surface area contributed by atoms with Gasteiger partial charge in [-0.25, -0.2) is 13.2 Å². The molecule has 0 bridgehead atoms. The van der Waals surface area contributed by atoms with Crippen molar-refractivity contribution in [3.05, 3.63) is 60.2 Å². The topological polar surface area (TPSA) is 72.9 Å². The van der Waals surface area contributed by atoms with E-state index in [2.05, 4.69) is 0 Å². The van der Waals surface area contributed by atoms with Gasteiger partial charge in [-0.2, -0.15) is 4.31 Å². The van der Waals surface area contributed by atoms with Crippen molar-refractivity contribution >= 4 is 16.0 Å². The highest BCUT2D eigenvalue weighted by Crippen LogP contribution is 2.18. The molecule has 0 saturated carbocycles. The molecule has 3 rings (SSSR count). The molecule has 0 aliphatic carbocycles. The van der Waals surface area contributed by atoms with Crippen LogP contribution in [0.15, 0.2) is 59.5 Å². The molecule has 0 atom stereocenters. The van der Waals surface area contributed by atoms with E-state index in [1.165, 1.54) is 28.6 Å². The molecule has 1 saturated heterocycles. The zero-order chi connectivity index (χ0) is 17.0. The second kappa shape index (κ2) is 7.12. The SMILES string of the molecule is O=C(Oc1ccccc1)c1ccc(S(=O)(=O)N2CCOCC2)cc1. The Kier molecular flexibility index (Phi) is 4.94. The third-order valence-corrected chi connectivity index (χ3v) is 5.56. The molecule has 0 spiro atoms. The predicted octanol–water partition coefficient (Wildman–Crippen LogP) is 1.93. The number of benzene rings is 2.